The maximum Gasteiger partial charge on any atom is 0.251 e. The molecule has 0 bridgehead atoms. The quantitative estimate of drug-likeness (QED) is 0.696. The van der Waals surface area contributed by atoms with Gasteiger partial charge in [0, 0.05) is 38.8 Å². The van der Waals surface area contributed by atoms with Gasteiger partial charge in [-0.3, -0.25) is 4.79 Å². The predicted octanol–water partition coefficient (Wildman–Crippen LogP) is -0.289. The smallest absolute Gasteiger partial charge is 0.251 e. The minimum atomic E-state index is -3.94. The Morgan fingerprint density at radius 2 is 1.69 bits per heavy atom. The summed E-state index contributed by atoms with van der Waals surface area (Å²) in [4.78, 5) is 11.8. The highest BCUT2D eigenvalue weighted by Gasteiger charge is 2.33. The van der Waals surface area contributed by atoms with Gasteiger partial charge in [-0.15, -0.1) is 0 Å². The van der Waals surface area contributed by atoms with E-state index in [1.807, 2.05) is 0 Å². The highest BCUT2D eigenvalue weighted by atomic mass is 32.2. The summed E-state index contributed by atoms with van der Waals surface area (Å²) in [7, 11) is -5.85. The van der Waals surface area contributed by atoms with E-state index < -0.39 is 26.0 Å². The number of rotatable bonds is 6. The maximum absolute atomic E-state index is 13.0. The number of piperazine rings is 1. The maximum atomic E-state index is 13.0. The van der Waals surface area contributed by atoms with E-state index in [0.29, 0.717) is 0 Å². The number of carbonyl (C=O) groups is 1. The molecule has 0 spiro atoms. The number of amides is 1. The molecule has 0 atom stereocenters. The standard InChI is InChI=1S/C15H23N3O6S2/c1-4-24-13-6-5-12(15(19)16-2)11-14(13)26(22,23)18-9-7-17(8-10-18)25(3,20)21/h5-6,11H,4,7-10H2,1-3H3,(H,16,19). The fourth-order valence-corrected chi connectivity index (χ4v) is 5.06. The van der Waals surface area contributed by atoms with Crippen LogP contribution in [0.1, 0.15) is 17.3 Å². The largest absolute Gasteiger partial charge is 0.492 e. The molecule has 1 N–H and O–H groups in total. The SMILES string of the molecule is CCOc1ccc(C(=O)NC)cc1S(=O)(=O)N1CCN(S(C)(=O)=O)CC1. The van der Waals surface area contributed by atoms with E-state index in [1.54, 1.807) is 6.92 Å². The Labute approximate surface area is 154 Å². The monoisotopic (exact) mass is 405 g/mol. The molecule has 2 rings (SSSR count). The summed E-state index contributed by atoms with van der Waals surface area (Å²) >= 11 is 0. The summed E-state index contributed by atoms with van der Waals surface area (Å²) in [5.41, 5.74) is 0.198. The van der Waals surface area contributed by atoms with Crippen molar-refractivity contribution in [3.63, 3.8) is 0 Å². The van der Waals surface area contributed by atoms with Crippen molar-refractivity contribution >= 4 is 26.0 Å². The van der Waals surface area contributed by atoms with Gasteiger partial charge in [0.15, 0.2) is 0 Å². The normalized spacial score (nSPS) is 17.0. The molecule has 0 aliphatic carbocycles. The molecule has 0 unspecified atom stereocenters. The molecule has 1 aromatic carbocycles. The fourth-order valence-electron chi connectivity index (χ4n) is 2.65. The number of sulfonamides is 2. The number of hydrogen-bond donors (Lipinski definition) is 1. The van der Waals surface area contributed by atoms with Crippen LogP contribution in [0.15, 0.2) is 23.1 Å². The molecule has 1 heterocycles. The van der Waals surface area contributed by atoms with Crippen LogP contribution in [0.2, 0.25) is 0 Å². The average molecular weight is 405 g/mol. The Kier molecular flexibility index (Phi) is 6.27. The number of ether oxygens (including phenoxy) is 1. The van der Waals surface area contributed by atoms with Gasteiger partial charge in [-0.25, -0.2) is 16.8 Å². The third-order valence-corrected chi connectivity index (χ3v) is 7.24. The molecule has 1 aromatic rings. The third-order valence-electron chi connectivity index (χ3n) is 4.02. The van der Waals surface area contributed by atoms with Crippen LogP contribution in [0.25, 0.3) is 0 Å². The van der Waals surface area contributed by atoms with Crippen molar-refractivity contribution in [3.8, 4) is 5.75 Å². The van der Waals surface area contributed by atoms with Gasteiger partial charge in [0.25, 0.3) is 5.91 Å². The van der Waals surface area contributed by atoms with Crippen LogP contribution >= 0.6 is 0 Å². The molecule has 26 heavy (non-hydrogen) atoms. The summed E-state index contributed by atoms with van der Waals surface area (Å²) in [6.45, 7) is 2.22. The Bertz CT molecular complexity index is 875. The second kappa shape index (κ2) is 7.91. The topological polar surface area (TPSA) is 113 Å². The number of nitrogens with one attached hydrogen (secondary N) is 1. The summed E-state index contributed by atoms with van der Waals surface area (Å²) in [5.74, 6) is -0.253. The van der Waals surface area contributed by atoms with E-state index in [-0.39, 0.29) is 49.0 Å². The van der Waals surface area contributed by atoms with Gasteiger partial charge < -0.3 is 10.1 Å². The van der Waals surface area contributed by atoms with Crippen LogP contribution in [0.3, 0.4) is 0 Å². The van der Waals surface area contributed by atoms with Crippen molar-refractivity contribution in [2.75, 3.05) is 46.1 Å². The molecule has 1 fully saturated rings. The highest BCUT2D eigenvalue weighted by molar-refractivity contribution is 7.89. The van der Waals surface area contributed by atoms with Gasteiger partial charge in [0.05, 0.1) is 12.9 Å². The molecule has 1 aliphatic heterocycles. The number of nitrogens with zero attached hydrogens (tertiary/aromatic N) is 2. The summed E-state index contributed by atoms with van der Waals surface area (Å²) in [6, 6.07) is 4.22. The molecule has 1 saturated heterocycles. The Morgan fingerprint density at radius 3 is 2.19 bits per heavy atom. The highest BCUT2D eigenvalue weighted by Crippen LogP contribution is 2.29. The second-order valence-corrected chi connectivity index (χ2v) is 9.63. The molecule has 1 aliphatic rings. The van der Waals surface area contributed by atoms with E-state index >= 15 is 0 Å². The van der Waals surface area contributed by atoms with Crippen LogP contribution < -0.4 is 10.1 Å². The Balaban J connectivity index is 2.37. The first-order valence-corrected chi connectivity index (χ1v) is 11.3. The number of hydrogen-bond acceptors (Lipinski definition) is 6. The van der Waals surface area contributed by atoms with Crippen LogP contribution in [0, 0.1) is 0 Å². The fraction of sp³-hybridized carbons (Fsp3) is 0.533. The van der Waals surface area contributed by atoms with Crippen LogP contribution in [-0.2, 0) is 20.0 Å². The van der Waals surface area contributed by atoms with Crippen LogP contribution in [0.4, 0.5) is 0 Å². The van der Waals surface area contributed by atoms with E-state index in [4.69, 9.17) is 4.74 Å². The lowest BCUT2D eigenvalue weighted by Gasteiger charge is -2.32. The molecular weight excluding hydrogens is 382 g/mol. The zero-order chi connectivity index (χ0) is 19.5. The molecular formula is C15H23N3O6S2. The number of benzene rings is 1. The van der Waals surface area contributed by atoms with Gasteiger partial charge in [-0.1, -0.05) is 0 Å². The summed E-state index contributed by atoms with van der Waals surface area (Å²) in [5, 5.41) is 2.45. The average Bonchev–Trinajstić information content (AvgIpc) is 2.61. The van der Waals surface area contributed by atoms with Gasteiger partial charge >= 0.3 is 0 Å². The molecule has 0 aromatic heterocycles. The van der Waals surface area contributed by atoms with Crippen molar-refractivity contribution < 1.29 is 26.4 Å². The van der Waals surface area contributed by atoms with Crippen molar-refractivity contribution in [3.05, 3.63) is 23.8 Å². The van der Waals surface area contributed by atoms with E-state index in [1.165, 1.54) is 33.9 Å². The van der Waals surface area contributed by atoms with E-state index in [9.17, 15) is 21.6 Å². The molecule has 1 amide bonds. The lowest BCUT2D eigenvalue weighted by atomic mass is 10.2. The molecule has 146 valence electrons. The van der Waals surface area contributed by atoms with Crippen LogP contribution in [-0.4, -0.2) is 77.4 Å². The lowest BCUT2D eigenvalue weighted by molar-refractivity contribution is 0.0963. The molecule has 0 saturated carbocycles. The minimum Gasteiger partial charge on any atom is -0.492 e. The molecule has 9 nitrogen and oxygen atoms in total. The van der Waals surface area contributed by atoms with E-state index in [0.717, 1.165) is 6.26 Å². The van der Waals surface area contributed by atoms with Crippen molar-refractivity contribution in [2.24, 2.45) is 0 Å². The summed E-state index contributed by atoms with van der Waals surface area (Å²) in [6.07, 6.45) is 1.09. The minimum absolute atomic E-state index is 0.0329. The van der Waals surface area contributed by atoms with Gasteiger partial charge in [0.2, 0.25) is 20.0 Å². The lowest BCUT2D eigenvalue weighted by Crippen LogP contribution is -2.50. The zero-order valence-electron chi connectivity index (χ0n) is 14.9. The third kappa shape index (κ3) is 4.34. The second-order valence-electron chi connectivity index (χ2n) is 5.74. The first kappa shape index (κ1) is 20.6. The summed E-state index contributed by atoms with van der Waals surface area (Å²) < 4.78 is 57.2. The molecule has 0 radical (unpaired) electrons. The first-order valence-electron chi connectivity index (χ1n) is 8.05. The van der Waals surface area contributed by atoms with Gasteiger partial charge in [-0.05, 0) is 25.1 Å². The predicted molar refractivity (Wildman–Crippen MR) is 96.2 cm³/mol. The van der Waals surface area contributed by atoms with Crippen molar-refractivity contribution in [1.82, 2.24) is 13.9 Å². The Morgan fingerprint density at radius 1 is 1.12 bits per heavy atom. The van der Waals surface area contributed by atoms with Crippen LogP contribution in [0.5, 0.6) is 5.75 Å². The molecule has 11 heteroatoms. The first-order chi connectivity index (χ1) is 12.1. The van der Waals surface area contributed by atoms with Crippen molar-refractivity contribution in [1.29, 1.82) is 0 Å². The van der Waals surface area contributed by atoms with Gasteiger partial charge in [-0.2, -0.15) is 8.61 Å². The zero-order valence-corrected chi connectivity index (χ0v) is 16.6. The van der Waals surface area contributed by atoms with Gasteiger partial charge in [0.1, 0.15) is 10.6 Å². The van der Waals surface area contributed by atoms with Crippen molar-refractivity contribution in [2.45, 2.75) is 11.8 Å². The number of carbonyl (C=O) groups excluding carboxylic acids is 1. The Hall–Kier alpha value is -1.69. The van der Waals surface area contributed by atoms with E-state index in [2.05, 4.69) is 5.32 Å².